The van der Waals surface area contributed by atoms with Gasteiger partial charge in [0, 0.05) is 6.08 Å². The van der Waals surface area contributed by atoms with Crippen LogP contribution in [0, 0.1) is 10.1 Å². The Morgan fingerprint density at radius 1 is 1.50 bits per heavy atom. The van der Waals surface area contributed by atoms with E-state index >= 15 is 0 Å². The Balaban J connectivity index is 3.16. The van der Waals surface area contributed by atoms with Crippen LogP contribution in [-0.4, -0.2) is 22.6 Å². The molecule has 0 atom stereocenters. The fraction of sp³-hybridized carbons (Fsp3) is 0.250. The van der Waals surface area contributed by atoms with E-state index in [-0.39, 0.29) is 13.2 Å². The lowest BCUT2D eigenvalue weighted by Crippen LogP contribution is -2.14. The third-order valence-electron chi connectivity index (χ3n) is 2.20. The molecule has 0 aliphatic rings. The van der Waals surface area contributed by atoms with Gasteiger partial charge in [-0.05, 0) is 18.1 Å². The van der Waals surface area contributed by atoms with Crippen LogP contribution in [0.3, 0.4) is 0 Å². The average molecular weight is 251 g/mol. The number of rotatable bonds is 5. The second-order valence-corrected chi connectivity index (χ2v) is 3.36. The van der Waals surface area contributed by atoms with Crippen LogP contribution in [0.1, 0.15) is 18.1 Å². The van der Waals surface area contributed by atoms with Crippen LogP contribution in [0.15, 0.2) is 30.0 Å². The zero-order valence-corrected chi connectivity index (χ0v) is 9.83. The van der Waals surface area contributed by atoms with Gasteiger partial charge in [-0.1, -0.05) is 24.3 Å². The molecule has 0 radical (unpaired) electrons. The number of nitrogens with zero attached hydrogens (tertiary/aromatic N) is 1. The highest BCUT2D eigenvalue weighted by atomic mass is 16.6. The van der Waals surface area contributed by atoms with Crippen LogP contribution < -0.4 is 0 Å². The van der Waals surface area contributed by atoms with Crippen molar-refractivity contribution in [1.29, 1.82) is 0 Å². The van der Waals surface area contributed by atoms with E-state index in [0.29, 0.717) is 11.1 Å². The zero-order chi connectivity index (χ0) is 13.5. The number of carbonyl (C=O) groups excluding carboxylic acids is 1. The number of esters is 1. The Morgan fingerprint density at radius 2 is 2.17 bits per heavy atom. The number of nitro groups is 1. The van der Waals surface area contributed by atoms with Crippen LogP contribution in [-0.2, 0) is 16.1 Å². The summed E-state index contributed by atoms with van der Waals surface area (Å²) in [5, 5.41) is 19.9. The van der Waals surface area contributed by atoms with E-state index in [2.05, 4.69) is 4.74 Å². The van der Waals surface area contributed by atoms with Crippen molar-refractivity contribution in [3.8, 4) is 0 Å². The van der Waals surface area contributed by atoms with Crippen LogP contribution in [0.2, 0.25) is 0 Å². The van der Waals surface area contributed by atoms with Crippen LogP contribution in [0.25, 0.3) is 6.08 Å². The number of hydrogen-bond donors (Lipinski definition) is 1. The van der Waals surface area contributed by atoms with Crippen LogP contribution in [0.5, 0.6) is 0 Å². The lowest BCUT2D eigenvalue weighted by Gasteiger charge is -2.03. The Kier molecular flexibility index (Phi) is 5.01. The second kappa shape index (κ2) is 6.51. The SMILES string of the molecule is CCOC(=O)/C(=C\c1ccccc1CO)[N+](=O)[O-]. The largest absolute Gasteiger partial charge is 0.458 e. The molecular weight excluding hydrogens is 238 g/mol. The highest BCUT2D eigenvalue weighted by molar-refractivity contribution is 5.91. The number of hydrogen-bond acceptors (Lipinski definition) is 5. The Labute approximate surface area is 104 Å². The molecule has 0 aromatic heterocycles. The van der Waals surface area contributed by atoms with Crippen molar-refractivity contribution in [1.82, 2.24) is 0 Å². The van der Waals surface area contributed by atoms with E-state index in [9.17, 15) is 14.9 Å². The maximum atomic E-state index is 11.4. The summed E-state index contributed by atoms with van der Waals surface area (Å²) in [5.74, 6) is -0.991. The first-order chi connectivity index (χ1) is 8.60. The Bertz CT molecular complexity index is 481. The number of aliphatic hydroxyl groups is 1. The van der Waals surface area contributed by atoms with Crippen molar-refractivity contribution in [2.45, 2.75) is 13.5 Å². The van der Waals surface area contributed by atoms with Gasteiger partial charge in [-0.25, -0.2) is 4.79 Å². The minimum Gasteiger partial charge on any atom is -0.458 e. The molecule has 0 spiro atoms. The van der Waals surface area contributed by atoms with Crippen LogP contribution >= 0.6 is 0 Å². The van der Waals surface area contributed by atoms with E-state index in [1.807, 2.05) is 0 Å². The summed E-state index contributed by atoms with van der Waals surface area (Å²) in [6, 6.07) is 6.55. The molecule has 0 unspecified atom stereocenters. The molecule has 6 nitrogen and oxygen atoms in total. The molecule has 0 saturated heterocycles. The van der Waals surface area contributed by atoms with Gasteiger partial charge < -0.3 is 9.84 Å². The lowest BCUT2D eigenvalue weighted by molar-refractivity contribution is -0.419. The Hall–Kier alpha value is -2.21. The minimum absolute atomic E-state index is 0.0612. The van der Waals surface area contributed by atoms with Crippen molar-refractivity contribution in [3.63, 3.8) is 0 Å². The zero-order valence-electron chi connectivity index (χ0n) is 9.83. The summed E-state index contributed by atoms with van der Waals surface area (Å²) >= 11 is 0. The van der Waals surface area contributed by atoms with Crippen LogP contribution in [0.4, 0.5) is 0 Å². The van der Waals surface area contributed by atoms with E-state index in [1.165, 1.54) is 0 Å². The predicted octanol–water partition coefficient (Wildman–Crippen LogP) is 1.36. The predicted molar refractivity (Wildman–Crippen MR) is 64.0 cm³/mol. The molecule has 0 saturated carbocycles. The van der Waals surface area contributed by atoms with Gasteiger partial charge in [-0.3, -0.25) is 10.1 Å². The van der Waals surface area contributed by atoms with Gasteiger partial charge >= 0.3 is 11.7 Å². The molecule has 0 aliphatic heterocycles. The first kappa shape index (κ1) is 13.9. The molecule has 1 aromatic rings. The van der Waals surface area contributed by atoms with Crippen molar-refractivity contribution >= 4 is 12.0 Å². The standard InChI is InChI=1S/C12H13NO5/c1-2-18-12(15)11(13(16)17)7-9-5-3-4-6-10(9)8-14/h3-7,14H,2,8H2,1H3/b11-7+. The van der Waals surface area contributed by atoms with Gasteiger partial charge in [0.1, 0.15) is 0 Å². The van der Waals surface area contributed by atoms with E-state index in [4.69, 9.17) is 5.11 Å². The molecule has 96 valence electrons. The first-order valence-corrected chi connectivity index (χ1v) is 5.32. The van der Waals surface area contributed by atoms with Gasteiger partial charge in [-0.2, -0.15) is 0 Å². The first-order valence-electron chi connectivity index (χ1n) is 5.32. The lowest BCUT2D eigenvalue weighted by atomic mass is 10.1. The summed E-state index contributed by atoms with van der Waals surface area (Å²) < 4.78 is 4.60. The summed E-state index contributed by atoms with van der Waals surface area (Å²) in [7, 11) is 0. The molecule has 0 heterocycles. The second-order valence-electron chi connectivity index (χ2n) is 3.36. The third kappa shape index (κ3) is 3.39. The van der Waals surface area contributed by atoms with Gasteiger partial charge in [0.2, 0.25) is 0 Å². The summed E-state index contributed by atoms with van der Waals surface area (Å²) in [6.45, 7) is 1.36. The molecular formula is C12H13NO5. The van der Waals surface area contributed by atoms with Gasteiger partial charge in [0.05, 0.1) is 18.1 Å². The van der Waals surface area contributed by atoms with Crippen molar-refractivity contribution < 1.29 is 19.6 Å². The molecule has 0 bridgehead atoms. The fourth-order valence-corrected chi connectivity index (χ4v) is 1.36. The Morgan fingerprint density at radius 3 is 2.72 bits per heavy atom. The molecule has 1 aromatic carbocycles. The quantitative estimate of drug-likeness (QED) is 0.369. The molecule has 1 rings (SSSR count). The number of benzene rings is 1. The highest BCUT2D eigenvalue weighted by Crippen LogP contribution is 2.14. The van der Waals surface area contributed by atoms with E-state index in [0.717, 1.165) is 6.08 Å². The summed E-state index contributed by atoms with van der Waals surface area (Å²) in [6.07, 6.45) is 1.10. The number of carbonyl (C=O) groups is 1. The maximum absolute atomic E-state index is 11.4. The minimum atomic E-state index is -0.991. The monoisotopic (exact) mass is 251 g/mol. The normalized spacial score (nSPS) is 11.1. The van der Waals surface area contributed by atoms with Gasteiger partial charge in [-0.15, -0.1) is 0 Å². The number of ether oxygens (including phenoxy) is 1. The average Bonchev–Trinajstić information content (AvgIpc) is 2.36. The van der Waals surface area contributed by atoms with E-state index < -0.39 is 16.6 Å². The third-order valence-corrected chi connectivity index (χ3v) is 2.20. The molecule has 0 amide bonds. The topological polar surface area (TPSA) is 89.7 Å². The summed E-state index contributed by atoms with van der Waals surface area (Å²) in [5.41, 5.74) is 0.263. The molecule has 6 heteroatoms. The van der Waals surface area contributed by atoms with E-state index in [1.54, 1.807) is 31.2 Å². The van der Waals surface area contributed by atoms with Crippen molar-refractivity contribution in [2.24, 2.45) is 0 Å². The molecule has 18 heavy (non-hydrogen) atoms. The van der Waals surface area contributed by atoms with Crippen molar-refractivity contribution in [2.75, 3.05) is 6.61 Å². The smallest absolute Gasteiger partial charge is 0.409 e. The summed E-state index contributed by atoms with van der Waals surface area (Å²) in [4.78, 5) is 21.4. The van der Waals surface area contributed by atoms with Gasteiger partial charge in [0.15, 0.2) is 0 Å². The molecule has 0 aliphatic carbocycles. The molecule has 0 fully saturated rings. The fourth-order valence-electron chi connectivity index (χ4n) is 1.36. The number of aliphatic hydroxyl groups excluding tert-OH is 1. The molecule has 1 N–H and O–H groups in total. The van der Waals surface area contributed by atoms with Gasteiger partial charge in [0.25, 0.3) is 0 Å². The maximum Gasteiger partial charge on any atom is 0.409 e. The highest BCUT2D eigenvalue weighted by Gasteiger charge is 2.23. The van der Waals surface area contributed by atoms with Crippen molar-refractivity contribution in [3.05, 3.63) is 51.2 Å².